The van der Waals surface area contributed by atoms with Crippen molar-refractivity contribution in [2.45, 2.75) is 25.8 Å². The largest absolute Gasteiger partial charge is 0.493 e. The Balaban J connectivity index is 2.20. The minimum absolute atomic E-state index is 0.439. The summed E-state index contributed by atoms with van der Waals surface area (Å²) in [5.74, 6) is 1.60. The predicted octanol–water partition coefficient (Wildman–Crippen LogP) is 2.21. The van der Waals surface area contributed by atoms with Gasteiger partial charge in [0, 0.05) is 12.5 Å². The lowest BCUT2D eigenvalue weighted by Crippen LogP contribution is -2.24. The second-order valence-electron chi connectivity index (χ2n) is 5.52. The average Bonchev–Trinajstić information content (AvgIpc) is 2.82. The molecule has 0 bridgehead atoms. The number of nitrogens with zero attached hydrogens (tertiary/aromatic N) is 1. The lowest BCUT2D eigenvalue weighted by Gasteiger charge is -2.27. The van der Waals surface area contributed by atoms with E-state index in [1.165, 1.54) is 11.1 Å². The van der Waals surface area contributed by atoms with Gasteiger partial charge in [0.1, 0.15) is 5.75 Å². The zero-order chi connectivity index (χ0) is 13.1. The quantitative estimate of drug-likeness (QED) is 0.868. The molecular weight excluding hydrogens is 224 g/mol. The Bertz CT molecular complexity index is 403. The van der Waals surface area contributed by atoms with Crippen molar-refractivity contribution in [3.8, 4) is 5.75 Å². The van der Waals surface area contributed by atoms with Crippen LogP contribution in [0.15, 0.2) is 18.2 Å². The third-order valence-corrected chi connectivity index (χ3v) is 3.75. The van der Waals surface area contributed by atoms with Crippen LogP contribution >= 0.6 is 0 Å². The SMILES string of the molecule is CC(CN)CC(c1ccc2c(c1)CCO2)N(C)C. The molecule has 0 spiro atoms. The van der Waals surface area contributed by atoms with E-state index < -0.39 is 0 Å². The van der Waals surface area contributed by atoms with Gasteiger partial charge in [-0.2, -0.15) is 0 Å². The minimum Gasteiger partial charge on any atom is -0.493 e. The average molecular weight is 248 g/mol. The van der Waals surface area contributed by atoms with E-state index in [4.69, 9.17) is 10.5 Å². The summed E-state index contributed by atoms with van der Waals surface area (Å²) in [6, 6.07) is 7.05. The van der Waals surface area contributed by atoms with Crippen molar-refractivity contribution >= 4 is 0 Å². The van der Waals surface area contributed by atoms with Gasteiger partial charge in [-0.1, -0.05) is 19.1 Å². The van der Waals surface area contributed by atoms with Gasteiger partial charge in [-0.05, 0) is 50.2 Å². The molecule has 3 heteroatoms. The zero-order valence-electron chi connectivity index (χ0n) is 11.6. The maximum Gasteiger partial charge on any atom is 0.122 e. The molecule has 1 heterocycles. The molecule has 1 aliphatic rings. The number of rotatable bonds is 5. The number of benzene rings is 1. The Hall–Kier alpha value is -1.06. The molecule has 0 saturated heterocycles. The van der Waals surface area contributed by atoms with Crippen molar-refractivity contribution in [3.05, 3.63) is 29.3 Å². The van der Waals surface area contributed by atoms with Gasteiger partial charge in [-0.3, -0.25) is 0 Å². The molecule has 1 aromatic carbocycles. The van der Waals surface area contributed by atoms with Crippen molar-refractivity contribution in [1.29, 1.82) is 0 Å². The fourth-order valence-corrected chi connectivity index (χ4v) is 2.54. The number of fused-ring (bicyclic) bond motifs is 1. The van der Waals surface area contributed by atoms with Crippen molar-refractivity contribution in [1.82, 2.24) is 4.90 Å². The summed E-state index contributed by atoms with van der Waals surface area (Å²) in [6.45, 7) is 3.79. The van der Waals surface area contributed by atoms with Crippen molar-refractivity contribution in [3.63, 3.8) is 0 Å². The third-order valence-electron chi connectivity index (χ3n) is 3.75. The van der Waals surface area contributed by atoms with Crippen molar-refractivity contribution in [2.24, 2.45) is 11.7 Å². The van der Waals surface area contributed by atoms with Crippen LogP contribution in [0, 0.1) is 5.92 Å². The van der Waals surface area contributed by atoms with E-state index in [-0.39, 0.29) is 0 Å². The Morgan fingerprint density at radius 1 is 1.39 bits per heavy atom. The van der Waals surface area contributed by atoms with Crippen LogP contribution in [-0.2, 0) is 6.42 Å². The summed E-state index contributed by atoms with van der Waals surface area (Å²) in [5, 5.41) is 0. The van der Waals surface area contributed by atoms with Crippen molar-refractivity contribution in [2.75, 3.05) is 27.2 Å². The molecule has 2 N–H and O–H groups in total. The molecule has 18 heavy (non-hydrogen) atoms. The van der Waals surface area contributed by atoms with E-state index in [0.717, 1.165) is 31.7 Å². The molecule has 100 valence electrons. The normalized spacial score (nSPS) is 17.4. The van der Waals surface area contributed by atoms with Gasteiger partial charge in [0.15, 0.2) is 0 Å². The molecule has 2 rings (SSSR count). The zero-order valence-corrected chi connectivity index (χ0v) is 11.6. The van der Waals surface area contributed by atoms with Gasteiger partial charge in [0.2, 0.25) is 0 Å². The van der Waals surface area contributed by atoms with Crippen LogP contribution in [0.2, 0.25) is 0 Å². The fourth-order valence-electron chi connectivity index (χ4n) is 2.54. The van der Waals surface area contributed by atoms with Crippen LogP contribution < -0.4 is 10.5 Å². The molecule has 0 aromatic heterocycles. The molecule has 2 unspecified atom stereocenters. The molecule has 0 radical (unpaired) electrons. The van der Waals surface area contributed by atoms with Crippen LogP contribution in [0.4, 0.5) is 0 Å². The third kappa shape index (κ3) is 2.85. The first-order chi connectivity index (χ1) is 8.61. The van der Waals surface area contributed by atoms with Crippen LogP contribution in [-0.4, -0.2) is 32.1 Å². The van der Waals surface area contributed by atoms with Crippen molar-refractivity contribution < 1.29 is 4.74 Å². The van der Waals surface area contributed by atoms with Gasteiger partial charge in [0.25, 0.3) is 0 Å². The monoisotopic (exact) mass is 248 g/mol. The number of ether oxygens (including phenoxy) is 1. The summed E-state index contributed by atoms with van der Waals surface area (Å²) in [4.78, 5) is 2.28. The first kappa shape index (κ1) is 13.4. The van der Waals surface area contributed by atoms with Gasteiger partial charge in [0.05, 0.1) is 6.61 Å². The summed E-state index contributed by atoms with van der Waals surface area (Å²) < 4.78 is 5.56. The maximum absolute atomic E-state index is 5.75. The molecular formula is C15H24N2O. The summed E-state index contributed by atoms with van der Waals surface area (Å²) >= 11 is 0. The smallest absolute Gasteiger partial charge is 0.122 e. The topological polar surface area (TPSA) is 38.5 Å². The second-order valence-corrected chi connectivity index (χ2v) is 5.52. The summed E-state index contributed by atoms with van der Waals surface area (Å²) in [5.41, 5.74) is 8.48. The van der Waals surface area contributed by atoms with Crippen LogP contribution in [0.3, 0.4) is 0 Å². The van der Waals surface area contributed by atoms with Gasteiger partial charge >= 0.3 is 0 Å². The van der Waals surface area contributed by atoms with E-state index in [0.29, 0.717) is 12.0 Å². The minimum atomic E-state index is 0.439. The first-order valence-electron chi connectivity index (χ1n) is 6.74. The first-order valence-corrected chi connectivity index (χ1v) is 6.74. The lowest BCUT2D eigenvalue weighted by atomic mass is 9.93. The Morgan fingerprint density at radius 3 is 2.83 bits per heavy atom. The molecule has 3 nitrogen and oxygen atoms in total. The second kappa shape index (κ2) is 5.72. The maximum atomic E-state index is 5.75. The highest BCUT2D eigenvalue weighted by Crippen LogP contribution is 2.32. The van der Waals surface area contributed by atoms with E-state index in [1.807, 2.05) is 0 Å². The van der Waals surface area contributed by atoms with Crippen LogP contribution in [0.5, 0.6) is 5.75 Å². The molecule has 0 amide bonds. The summed E-state index contributed by atoms with van der Waals surface area (Å²) in [6.07, 6.45) is 2.14. The van der Waals surface area contributed by atoms with E-state index in [2.05, 4.69) is 44.1 Å². The van der Waals surface area contributed by atoms with E-state index >= 15 is 0 Å². The van der Waals surface area contributed by atoms with Gasteiger partial charge in [-0.15, -0.1) is 0 Å². The number of hydrogen-bond acceptors (Lipinski definition) is 3. The number of hydrogen-bond donors (Lipinski definition) is 1. The van der Waals surface area contributed by atoms with Gasteiger partial charge < -0.3 is 15.4 Å². The predicted molar refractivity (Wildman–Crippen MR) is 74.9 cm³/mol. The fraction of sp³-hybridized carbons (Fsp3) is 0.600. The highest BCUT2D eigenvalue weighted by atomic mass is 16.5. The molecule has 1 aliphatic heterocycles. The summed E-state index contributed by atoms with van der Waals surface area (Å²) in [7, 11) is 4.27. The standard InChI is InChI=1S/C15H24N2O/c1-11(10-16)8-14(17(2)3)12-4-5-15-13(9-12)6-7-18-15/h4-5,9,11,14H,6-8,10,16H2,1-3H3. The molecule has 2 atom stereocenters. The van der Waals surface area contributed by atoms with Gasteiger partial charge in [-0.25, -0.2) is 0 Å². The Labute approximate surface area is 110 Å². The highest BCUT2D eigenvalue weighted by Gasteiger charge is 2.20. The molecule has 0 aliphatic carbocycles. The Morgan fingerprint density at radius 2 is 2.17 bits per heavy atom. The van der Waals surface area contributed by atoms with Crippen LogP contribution in [0.25, 0.3) is 0 Å². The highest BCUT2D eigenvalue weighted by molar-refractivity contribution is 5.40. The lowest BCUT2D eigenvalue weighted by molar-refractivity contribution is 0.255. The molecule has 0 saturated carbocycles. The van der Waals surface area contributed by atoms with E-state index in [9.17, 15) is 0 Å². The Kier molecular flexibility index (Phi) is 4.25. The molecule has 0 fully saturated rings. The van der Waals surface area contributed by atoms with Crippen LogP contribution in [0.1, 0.15) is 30.5 Å². The number of nitrogens with two attached hydrogens (primary N) is 1. The molecule has 1 aromatic rings. The van der Waals surface area contributed by atoms with E-state index in [1.54, 1.807) is 0 Å².